The summed E-state index contributed by atoms with van der Waals surface area (Å²) in [4.78, 5) is 30.1. The highest BCUT2D eigenvalue weighted by atomic mass is 16.6. The number of ether oxygens (including phenoxy) is 2. The van der Waals surface area contributed by atoms with Gasteiger partial charge in [0.05, 0.1) is 16.6 Å². The van der Waals surface area contributed by atoms with Crippen LogP contribution in [0.15, 0.2) is 131 Å². The summed E-state index contributed by atoms with van der Waals surface area (Å²) < 4.78 is 17.2. The number of para-hydroxylation sites is 1. The van der Waals surface area contributed by atoms with E-state index in [9.17, 15) is 9.59 Å². The molecule has 6 rings (SSSR count). The number of nitrogens with one attached hydrogen (secondary N) is 1. The standard InChI is InChI=1S/C40H34N2O5/c1-25(2)39(43)45-20-21-46-40(44)32-13-9-8-12-31(32)38-33-19-18-30(41-29-16-14-26(3)15-17-29)23-37(33)47-36-22-27(4)35(24-34(36)38)42-28-10-6-5-7-11-28/h5-19,22-24,42H,1,20-21H2,2-4H3. The van der Waals surface area contributed by atoms with Gasteiger partial charge in [0.2, 0.25) is 0 Å². The Hall–Kier alpha value is -5.95. The lowest BCUT2D eigenvalue weighted by Gasteiger charge is -2.19. The SMILES string of the molecule is C=C(C)C(=O)OCCOC(=O)c1ccccc1-c1c2ccc(=Nc3ccc(C)cc3)cc-2oc2cc(C)c(Nc3ccccc3)cc12. The van der Waals surface area contributed by atoms with Crippen molar-refractivity contribution in [1.82, 2.24) is 0 Å². The molecule has 0 saturated heterocycles. The topological polar surface area (TPSA) is 90.1 Å². The number of nitrogens with zero attached hydrogens (tertiary/aromatic N) is 1. The number of aryl methyl sites for hydroxylation is 2. The van der Waals surface area contributed by atoms with Crippen LogP contribution in [0.5, 0.6) is 0 Å². The van der Waals surface area contributed by atoms with Crippen molar-refractivity contribution in [2.75, 3.05) is 18.5 Å². The minimum absolute atomic E-state index is 0.0727. The zero-order valence-corrected chi connectivity index (χ0v) is 26.5. The molecule has 0 fully saturated rings. The minimum Gasteiger partial charge on any atom is -0.459 e. The van der Waals surface area contributed by atoms with Crippen LogP contribution < -0.4 is 10.7 Å². The molecular weight excluding hydrogens is 588 g/mol. The molecule has 0 saturated carbocycles. The Kier molecular flexibility index (Phi) is 8.97. The quantitative estimate of drug-likeness (QED) is 0.0749. The zero-order chi connectivity index (χ0) is 32.9. The van der Waals surface area contributed by atoms with Crippen LogP contribution in [0, 0.1) is 13.8 Å². The molecule has 47 heavy (non-hydrogen) atoms. The van der Waals surface area contributed by atoms with Gasteiger partial charge in [0.15, 0.2) is 0 Å². The third-order valence-electron chi connectivity index (χ3n) is 7.71. The third kappa shape index (κ3) is 6.99. The predicted molar refractivity (Wildman–Crippen MR) is 185 cm³/mol. The van der Waals surface area contributed by atoms with E-state index in [1.54, 1.807) is 19.1 Å². The summed E-state index contributed by atoms with van der Waals surface area (Å²) in [5.41, 5.74) is 8.48. The maximum atomic E-state index is 13.5. The highest BCUT2D eigenvalue weighted by Crippen LogP contribution is 2.43. The van der Waals surface area contributed by atoms with Crippen molar-refractivity contribution < 1.29 is 23.5 Å². The van der Waals surface area contributed by atoms with Crippen molar-refractivity contribution in [3.8, 4) is 22.5 Å². The first-order valence-corrected chi connectivity index (χ1v) is 15.3. The summed E-state index contributed by atoms with van der Waals surface area (Å²) in [6.07, 6.45) is 0. The van der Waals surface area contributed by atoms with Crippen LogP contribution in [0.1, 0.15) is 28.4 Å². The number of carbonyl (C=O) groups excluding carboxylic acids is 2. The molecule has 7 nitrogen and oxygen atoms in total. The van der Waals surface area contributed by atoms with Gasteiger partial charge in [-0.15, -0.1) is 0 Å². The number of rotatable bonds is 9. The van der Waals surface area contributed by atoms with Crippen molar-refractivity contribution in [2.45, 2.75) is 20.8 Å². The van der Waals surface area contributed by atoms with Gasteiger partial charge in [-0.1, -0.05) is 60.7 Å². The highest BCUT2D eigenvalue weighted by Gasteiger charge is 2.23. The first-order valence-electron chi connectivity index (χ1n) is 15.3. The van der Waals surface area contributed by atoms with E-state index in [0.717, 1.165) is 50.1 Å². The third-order valence-corrected chi connectivity index (χ3v) is 7.71. The largest absolute Gasteiger partial charge is 0.459 e. The van der Waals surface area contributed by atoms with Crippen molar-refractivity contribution in [1.29, 1.82) is 0 Å². The van der Waals surface area contributed by atoms with Gasteiger partial charge >= 0.3 is 11.9 Å². The molecule has 7 heteroatoms. The Balaban J connectivity index is 1.49. The molecule has 0 bridgehead atoms. The van der Waals surface area contributed by atoms with Gasteiger partial charge in [0, 0.05) is 39.5 Å². The van der Waals surface area contributed by atoms with Gasteiger partial charge < -0.3 is 19.2 Å². The fourth-order valence-corrected chi connectivity index (χ4v) is 5.32. The number of fused-ring (bicyclic) bond motifs is 2. The molecular formula is C40H34N2O5. The predicted octanol–water partition coefficient (Wildman–Crippen LogP) is 9.07. The lowest BCUT2D eigenvalue weighted by molar-refractivity contribution is -0.140. The van der Waals surface area contributed by atoms with Gasteiger partial charge in [-0.2, -0.15) is 0 Å². The van der Waals surface area contributed by atoms with Crippen molar-refractivity contribution in [2.24, 2.45) is 4.99 Å². The van der Waals surface area contributed by atoms with Crippen LogP contribution in [0.4, 0.5) is 17.1 Å². The number of anilines is 2. The molecule has 1 aliphatic heterocycles. The van der Waals surface area contributed by atoms with E-state index in [2.05, 4.69) is 18.0 Å². The molecule has 0 unspecified atom stereocenters. The molecule has 1 aliphatic carbocycles. The molecule has 4 aromatic rings. The molecule has 0 atom stereocenters. The fraction of sp³-hybridized carbons (Fsp3) is 0.125. The summed E-state index contributed by atoms with van der Waals surface area (Å²) in [7, 11) is 0. The number of hydrogen-bond donors (Lipinski definition) is 1. The summed E-state index contributed by atoms with van der Waals surface area (Å²) >= 11 is 0. The number of esters is 2. The summed E-state index contributed by atoms with van der Waals surface area (Å²) in [6.45, 7) is 9.04. The smallest absolute Gasteiger partial charge is 0.338 e. The summed E-state index contributed by atoms with van der Waals surface area (Å²) in [5, 5.41) is 5.09. The Labute approximate surface area is 273 Å². The second kappa shape index (κ2) is 13.6. The number of carbonyl (C=O) groups is 2. The molecule has 2 aliphatic rings. The Morgan fingerprint density at radius 3 is 2.30 bits per heavy atom. The molecule has 0 amide bonds. The number of hydrogen-bond acceptors (Lipinski definition) is 7. The van der Waals surface area contributed by atoms with Crippen molar-refractivity contribution >= 4 is 40.0 Å². The lowest BCUT2D eigenvalue weighted by Crippen LogP contribution is -2.15. The fourth-order valence-electron chi connectivity index (χ4n) is 5.32. The maximum absolute atomic E-state index is 13.5. The van der Waals surface area contributed by atoms with Gasteiger partial charge in [0.1, 0.15) is 24.6 Å². The lowest BCUT2D eigenvalue weighted by atomic mass is 9.90. The molecule has 0 aromatic heterocycles. The van der Waals surface area contributed by atoms with E-state index in [0.29, 0.717) is 22.5 Å². The monoisotopic (exact) mass is 622 g/mol. The summed E-state index contributed by atoms with van der Waals surface area (Å²) in [6, 6.07) is 35.2. The molecule has 1 N–H and O–H groups in total. The zero-order valence-electron chi connectivity index (χ0n) is 26.5. The van der Waals surface area contributed by atoms with Crippen LogP contribution >= 0.6 is 0 Å². The number of benzene rings is 5. The van der Waals surface area contributed by atoms with Gasteiger partial charge in [-0.3, -0.25) is 0 Å². The van der Waals surface area contributed by atoms with Crippen LogP contribution in [-0.2, 0) is 14.3 Å². The first kappa shape index (κ1) is 31.0. The normalized spacial score (nSPS) is 11.4. The van der Waals surface area contributed by atoms with E-state index in [4.69, 9.17) is 18.9 Å². The van der Waals surface area contributed by atoms with Crippen molar-refractivity contribution in [3.63, 3.8) is 0 Å². The summed E-state index contributed by atoms with van der Waals surface area (Å²) in [5.74, 6) is -0.440. The molecule has 1 heterocycles. The van der Waals surface area contributed by atoms with Crippen LogP contribution in [0.2, 0.25) is 0 Å². The molecule has 4 aromatic carbocycles. The highest BCUT2D eigenvalue weighted by molar-refractivity contribution is 6.08. The Morgan fingerprint density at radius 2 is 1.53 bits per heavy atom. The van der Waals surface area contributed by atoms with E-state index in [1.165, 1.54) is 0 Å². The van der Waals surface area contributed by atoms with Crippen LogP contribution in [-0.4, -0.2) is 25.2 Å². The van der Waals surface area contributed by atoms with E-state index in [1.807, 2.05) is 105 Å². The maximum Gasteiger partial charge on any atom is 0.338 e. The Morgan fingerprint density at radius 1 is 0.809 bits per heavy atom. The van der Waals surface area contributed by atoms with Crippen LogP contribution in [0.25, 0.3) is 33.4 Å². The second-order valence-electron chi connectivity index (χ2n) is 11.4. The van der Waals surface area contributed by atoms with E-state index < -0.39 is 11.9 Å². The molecule has 0 spiro atoms. The van der Waals surface area contributed by atoms with Crippen molar-refractivity contribution in [3.05, 3.63) is 143 Å². The first-order chi connectivity index (χ1) is 22.8. The average Bonchev–Trinajstić information content (AvgIpc) is 3.07. The van der Waals surface area contributed by atoms with Crippen LogP contribution in [0.3, 0.4) is 0 Å². The van der Waals surface area contributed by atoms with Gasteiger partial charge in [0.25, 0.3) is 0 Å². The van der Waals surface area contributed by atoms with E-state index >= 15 is 0 Å². The van der Waals surface area contributed by atoms with E-state index in [-0.39, 0.29) is 18.8 Å². The van der Waals surface area contributed by atoms with Gasteiger partial charge in [-0.05, 0) is 86.5 Å². The Bertz CT molecular complexity index is 2150. The average molecular weight is 623 g/mol. The van der Waals surface area contributed by atoms with Gasteiger partial charge in [-0.25, -0.2) is 14.6 Å². The molecule has 0 radical (unpaired) electrons. The minimum atomic E-state index is -0.533. The molecule has 234 valence electrons. The second-order valence-corrected chi connectivity index (χ2v) is 11.4.